The second-order valence-corrected chi connectivity index (χ2v) is 8.10. The summed E-state index contributed by atoms with van der Waals surface area (Å²) in [6.07, 6.45) is 1.02. The zero-order valence-corrected chi connectivity index (χ0v) is 17.7. The Kier molecular flexibility index (Phi) is 6.28. The summed E-state index contributed by atoms with van der Waals surface area (Å²) in [5.74, 6) is 0. The number of benzene rings is 2. The molecule has 0 saturated carbocycles. The predicted octanol–water partition coefficient (Wildman–Crippen LogP) is 3.60. The van der Waals surface area contributed by atoms with Gasteiger partial charge >= 0.3 is 0 Å². The van der Waals surface area contributed by atoms with Crippen LogP contribution >= 0.6 is 11.6 Å². The second-order valence-electron chi connectivity index (χ2n) is 7.67. The topological polar surface area (TPSA) is 53.8 Å². The SMILES string of the molecule is C/C(N)=C1/NCCN(c2ccc(Cl)cc2)c2cc(CCN3CCOCC3)ccc21. The fourth-order valence-corrected chi connectivity index (χ4v) is 4.15. The highest BCUT2D eigenvalue weighted by Gasteiger charge is 2.21. The van der Waals surface area contributed by atoms with E-state index in [4.69, 9.17) is 22.1 Å². The van der Waals surface area contributed by atoms with Crippen molar-refractivity contribution in [2.45, 2.75) is 13.3 Å². The third-order valence-electron chi connectivity index (χ3n) is 5.61. The molecule has 2 aromatic carbocycles. The smallest absolute Gasteiger partial charge is 0.0623 e. The van der Waals surface area contributed by atoms with Crippen LogP contribution in [0, 0.1) is 0 Å². The first-order valence-corrected chi connectivity index (χ1v) is 10.7. The molecular weight excluding hydrogens is 384 g/mol. The van der Waals surface area contributed by atoms with Gasteiger partial charge in [-0.15, -0.1) is 0 Å². The van der Waals surface area contributed by atoms with Crippen LogP contribution in [0.2, 0.25) is 5.02 Å². The summed E-state index contributed by atoms with van der Waals surface area (Å²) in [6, 6.07) is 14.8. The number of nitrogens with one attached hydrogen (secondary N) is 1. The number of allylic oxidation sites excluding steroid dienone is 1. The van der Waals surface area contributed by atoms with E-state index in [1.165, 1.54) is 11.3 Å². The maximum absolute atomic E-state index is 6.21. The van der Waals surface area contributed by atoms with Gasteiger partial charge in [0.15, 0.2) is 0 Å². The first-order valence-electron chi connectivity index (χ1n) is 10.3. The molecule has 6 heteroatoms. The van der Waals surface area contributed by atoms with E-state index in [0.29, 0.717) is 0 Å². The van der Waals surface area contributed by atoms with E-state index in [0.717, 1.165) is 80.0 Å². The molecule has 2 aliphatic rings. The Bertz CT molecular complexity index is 871. The van der Waals surface area contributed by atoms with E-state index in [-0.39, 0.29) is 0 Å². The zero-order valence-electron chi connectivity index (χ0n) is 17.0. The van der Waals surface area contributed by atoms with Gasteiger partial charge in [0, 0.05) is 54.7 Å². The van der Waals surface area contributed by atoms with Crippen molar-refractivity contribution < 1.29 is 4.74 Å². The van der Waals surface area contributed by atoms with Crippen LogP contribution in [0.15, 0.2) is 48.2 Å². The van der Waals surface area contributed by atoms with Gasteiger partial charge in [0.1, 0.15) is 0 Å². The molecule has 0 bridgehead atoms. The summed E-state index contributed by atoms with van der Waals surface area (Å²) >= 11 is 6.12. The largest absolute Gasteiger partial charge is 0.401 e. The number of hydrogen-bond donors (Lipinski definition) is 2. The van der Waals surface area contributed by atoms with Crippen molar-refractivity contribution in [3.8, 4) is 0 Å². The van der Waals surface area contributed by atoms with Gasteiger partial charge in [-0.1, -0.05) is 23.7 Å². The number of nitrogens with two attached hydrogens (primary N) is 1. The third kappa shape index (κ3) is 4.69. The van der Waals surface area contributed by atoms with Crippen LogP contribution in [0.4, 0.5) is 11.4 Å². The Morgan fingerprint density at radius 3 is 2.59 bits per heavy atom. The number of nitrogens with zero attached hydrogens (tertiary/aromatic N) is 2. The Morgan fingerprint density at radius 1 is 1.10 bits per heavy atom. The lowest BCUT2D eigenvalue weighted by atomic mass is 10.0. The van der Waals surface area contributed by atoms with Crippen LogP contribution in [-0.4, -0.2) is 50.8 Å². The molecule has 154 valence electrons. The van der Waals surface area contributed by atoms with Gasteiger partial charge in [-0.3, -0.25) is 4.90 Å². The second kappa shape index (κ2) is 9.08. The number of ether oxygens (including phenoxy) is 1. The molecule has 0 aliphatic carbocycles. The number of morpholine rings is 1. The van der Waals surface area contributed by atoms with Crippen LogP contribution in [0.1, 0.15) is 18.1 Å². The summed E-state index contributed by atoms with van der Waals surface area (Å²) in [5, 5.41) is 4.27. The Balaban J connectivity index is 1.66. The summed E-state index contributed by atoms with van der Waals surface area (Å²) in [7, 11) is 0. The first kappa shape index (κ1) is 20.1. The lowest BCUT2D eigenvalue weighted by Crippen LogP contribution is -2.37. The van der Waals surface area contributed by atoms with E-state index >= 15 is 0 Å². The van der Waals surface area contributed by atoms with Crippen molar-refractivity contribution in [1.82, 2.24) is 10.2 Å². The van der Waals surface area contributed by atoms with Gasteiger partial charge in [0.25, 0.3) is 0 Å². The normalized spacial score (nSPS) is 19.3. The number of halogens is 1. The molecule has 2 heterocycles. The van der Waals surface area contributed by atoms with Gasteiger partial charge in [0.05, 0.1) is 24.6 Å². The highest BCUT2D eigenvalue weighted by molar-refractivity contribution is 6.30. The standard InChI is InChI=1S/C23H29ClN4O/c1-17(25)23-21-7-2-18(8-10-27-12-14-29-15-13-27)16-22(21)28(11-9-26-23)20-5-3-19(24)4-6-20/h2-7,16,26H,8-15,25H2,1H3/b23-17-. The van der Waals surface area contributed by atoms with Gasteiger partial charge in [-0.25, -0.2) is 0 Å². The third-order valence-corrected chi connectivity index (χ3v) is 5.86. The van der Waals surface area contributed by atoms with Crippen molar-refractivity contribution >= 4 is 28.7 Å². The van der Waals surface area contributed by atoms with E-state index < -0.39 is 0 Å². The number of rotatable bonds is 4. The van der Waals surface area contributed by atoms with Crippen molar-refractivity contribution in [3.05, 3.63) is 64.3 Å². The molecule has 0 aromatic heterocycles. The fourth-order valence-electron chi connectivity index (χ4n) is 4.03. The lowest BCUT2D eigenvalue weighted by molar-refractivity contribution is 0.0384. The average Bonchev–Trinajstić information content (AvgIpc) is 2.93. The molecule has 2 aromatic rings. The zero-order chi connectivity index (χ0) is 20.2. The van der Waals surface area contributed by atoms with Gasteiger partial charge in [-0.2, -0.15) is 0 Å². The van der Waals surface area contributed by atoms with Crippen LogP contribution in [0.3, 0.4) is 0 Å². The molecule has 0 unspecified atom stereocenters. The molecule has 29 heavy (non-hydrogen) atoms. The van der Waals surface area contributed by atoms with Crippen molar-refractivity contribution in [2.75, 3.05) is 50.8 Å². The van der Waals surface area contributed by atoms with Crippen molar-refractivity contribution in [3.63, 3.8) is 0 Å². The van der Waals surface area contributed by atoms with Crippen LogP contribution in [0.5, 0.6) is 0 Å². The van der Waals surface area contributed by atoms with Crippen molar-refractivity contribution in [2.24, 2.45) is 5.73 Å². The molecule has 5 nitrogen and oxygen atoms in total. The summed E-state index contributed by atoms with van der Waals surface area (Å²) < 4.78 is 5.46. The summed E-state index contributed by atoms with van der Waals surface area (Å²) in [5.41, 5.74) is 12.9. The van der Waals surface area contributed by atoms with Gasteiger partial charge in [-0.05, 0) is 49.2 Å². The summed E-state index contributed by atoms with van der Waals surface area (Å²) in [6.45, 7) is 8.41. The molecule has 1 saturated heterocycles. The minimum absolute atomic E-state index is 0.750. The van der Waals surface area contributed by atoms with E-state index in [9.17, 15) is 0 Å². The Labute approximate surface area is 178 Å². The molecule has 4 rings (SSSR count). The maximum atomic E-state index is 6.21. The molecule has 3 N–H and O–H groups in total. The van der Waals surface area contributed by atoms with Gasteiger partial charge in [0.2, 0.25) is 0 Å². The average molecular weight is 413 g/mol. The summed E-state index contributed by atoms with van der Waals surface area (Å²) in [4.78, 5) is 4.83. The fraction of sp³-hybridized carbons (Fsp3) is 0.391. The lowest BCUT2D eigenvalue weighted by Gasteiger charge is -2.27. The maximum Gasteiger partial charge on any atom is 0.0623 e. The molecular formula is C23H29ClN4O. The first-order chi connectivity index (χ1) is 14.1. The Hall–Kier alpha value is -2.21. The molecule has 1 fully saturated rings. The van der Waals surface area contributed by atoms with E-state index in [1.807, 2.05) is 19.1 Å². The monoisotopic (exact) mass is 412 g/mol. The minimum Gasteiger partial charge on any atom is -0.401 e. The molecule has 0 atom stereocenters. The quantitative estimate of drug-likeness (QED) is 0.803. The molecule has 0 amide bonds. The van der Waals surface area contributed by atoms with Crippen LogP contribution < -0.4 is 16.0 Å². The van der Waals surface area contributed by atoms with Crippen LogP contribution in [0.25, 0.3) is 5.70 Å². The minimum atomic E-state index is 0.750. The number of fused-ring (bicyclic) bond motifs is 1. The molecule has 0 radical (unpaired) electrons. The van der Waals surface area contributed by atoms with Crippen molar-refractivity contribution in [1.29, 1.82) is 0 Å². The van der Waals surface area contributed by atoms with E-state index in [2.05, 4.69) is 45.4 Å². The highest BCUT2D eigenvalue weighted by atomic mass is 35.5. The van der Waals surface area contributed by atoms with Gasteiger partial charge < -0.3 is 20.7 Å². The molecule has 0 spiro atoms. The highest BCUT2D eigenvalue weighted by Crippen LogP contribution is 2.35. The predicted molar refractivity (Wildman–Crippen MR) is 121 cm³/mol. The number of anilines is 2. The molecule has 2 aliphatic heterocycles. The van der Waals surface area contributed by atoms with Crippen LogP contribution in [-0.2, 0) is 11.2 Å². The van der Waals surface area contributed by atoms with E-state index in [1.54, 1.807) is 0 Å². The number of hydrogen-bond acceptors (Lipinski definition) is 5. The Morgan fingerprint density at radius 2 is 1.86 bits per heavy atom.